The first-order chi connectivity index (χ1) is 11.5. The first-order valence-electron chi connectivity index (χ1n) is 8.92. The van der Waals surface area contributed by atoms with Gasteiger partial charge in [-0.15, -0.1) is 0 Å². The van der Waals surface area contributed by atoms with Crippen molar-refractivity contribution in [2.75, 3.05) is 6.61 Å². The number of alkyl halides is 2. The summed E-state index contributed by atoms with van der Waals surface area (Å²) in [5.41, 5.74) is -0.388. The second-order valence-corrected chi connectivity index (χ2v) is 8.72. The molecule has 4 aliphatic carbocycles. The summed E-state index contributed by atoms with van der Waals surface area (Å²) in [5.74, 6) is -3.43. The summed E-state index contributed by atoms with van der Waals surface area (Å²) < 4.78 is 37.0. The molecule has 0 N–H and O–H groups in total. The zero-order chi connectivity index (χ0) is 18.5. The molecule has 0 aliphatic heterocycles. The number of esters is 2. The summed E-state index contributed by atoms with van der Waals surface area (Å²) in [7, 11) is 0. The molecule has 4 rings (SSSR count). The van der Waals surface area contributed by atoms with Crippen LogP contribution in [0.1, 0.15) is 58.8 Å². The van der Waals surface area contributed by atoms with Crippen LogP contribution in [-0.4, -0.2) is 30.1 Å². The van der Waals surface area contributed by atoms with Crippen LogP contribution in [0.15, 0.2) is 12.2 Å². The molecule has 140 valence electrons. The molecule has 4 saturated carbocycles. The zero-order valence-electron chi connectivity index (χ0n) is 14.9. The van der Waals surface area contributed by atoms with Crippen molar-refractivity contribution in [1.82, 2.24) is 0 Å². The Morgan fingerprint density at radius 3 is 2.32 bits per heavy atom. The van der Waals surface area contributed by atoms with Crippen molar-refractivity contribution in [3.05, 3.63) is 12.2 Å². The third-order valence-electron chi connectivity index (χ3n) is 5.78. The Hall–Kier alpha value is -1.46. The number of ether oxygens (including phenoxy) is 2. The van der Waals surface area contributed by atoms with E-state index in [0.29, 0.717) is 30.8 Å². The second-order valence-electron chi connectivity index (χ2n) is 8.72. The highest BCUT2D eigenvalue weighted by Crippen LogP contribution is 2.63. The van der Waals surface area contributed by atoms with Crippen molar-refractivity contribution in [3.63, 3.8) is 0 Å². The number of hydrogen-bond donors (Lipinski definition) is 0. The van der Waals surface area contributed by atoms with Crippen LogP contribution in [0.25, 0.3) is 0 Å². The van der Waals surface area contributed by atoms with Gasteiger partial charge in [0.2, 0.25) is 0 Å². The lowest BCUT2D eigenvalue weighted by Crippen LogP contribution is -2.58. The summed E-state index contributed by atoms with van der Waals surface area (Å²) in [6.45, 7) is 6.13. The molecular formula is C19H26F2O4. The number of halogens is 2. The second kappa shape index (κ2) is 6.06. The van der Waals surface area contributed by atoms with Crippen molar-refractivity contribution in [2.45, 2.75) is 70.3 Å². The molecule has 0 spiro atoms. The molecule has 0 aromatic carbocycles. The Kier molecular flexibility index (Phi) is 4.44. The largest absolute Gasteiger partial charge is 0.465 e. The number of carbonyl (C=O) groups is 2. The molecule has 4 bridgehead atoms. The van der Waals surface area contributed by atoms with Crippen LogP contribution < -0.4 is 0 Å². The van der Waals surface area contributed by atoms with Crippen molar-refractivity contribution in [2.24, 2.45) is 17.3 Å². The van der Waals surface area contributed by atoms with Crippen molar-refractivity contribution < 1.29 is 27.8 Å². The lowest BCUT2D eigenvalue weighted by atomic mass is 9.48. The minimum atomic E-state index is -3.06. The molecule has 4 aliphatic rings. The van der Waals surface area contributed by atoms with Crippen LogP contribution in [0.2, 0.25) is 0 Å². The third kappa shape index (κ3) is 4.04. The molecule has 0 aromatic heterocycles. The predicted molar refractivity (Wildman–Crippen MR) is 86.9 cm³/mol. The predicted octanol–water partition coefficient (Wildman–Crippen LogP) is 4.03. The highest BCUT2D eigenvalue weighted by atomic mass is 19.3. The van der Waals surface area contributed by atoms with Gasteiger partial charge in [-0.25, -0.2) is 13.6 Å². The van der Waals surface area contributed by atoms with E-state index in [0.717, 1.165) is 32.1 Å². The van der Waals surface area contributed by atoms with E-state index in [2.05, 4.69) is 6.58 Å². The quantitative estimate of drug-likeness (QED) is 0.532. The normalized spacial score (nSPS) is 36.2. The molecule has 2 atom stereocenters. The van der Waals surface area contributed by atoms with E-state index >= 15 is 0 Å². The van der Waals surface area contributed by atoms with Crippen LogP contribution in [-0.2, 0) is 19.1 Å². The van der Waals surface area contributed by atoms with Crippen molar-refractivity contribution >= 4 is 11.9 Å². The minimum Gasteiger partial charge on any atom is -0.465 e. The van der Waals surface area contributed by atoms with Crippen molar-refractivity contribution in [3.8, 4) is 0 Å². The Labute approximate surface area is 146 Å². The summed E-state index contributed by atoms with van der Waals surface area (Å²) in [4.78, 5) is 23.8. The van der Waals surface area contributed by atoms with Gasteiger partial charge < -0.3 is 9.47 Å². The molecule has 25 heavy (non-hydrogen) atoms. The van der Waals surface area contributed by atoms with Gasteiger partial charge in [-0.1, -0.05) is 6.58 Å². The first-order valence-corrected chi connectivity index (χ1v) is 8.92. The number of hydrogen-bond acceptors (Lipinski definition) is 4. The van der Waals surface area contributed by atoms with E-state index in [9.17, 15) is 18.4 Å². The van der Waals surface area contributed by atoms with E-state index in [1.165, 1.54) is 0 Å². The van der Waals surface area contributed by atoms with Crippen LogP contribution in [0.4, 0.5) is 8.78 Å². The Morgan fingerprint density at radius 1 is 1.20 bits per heavy atom. The molecule has 0 heterocycles. The smallest absolute Gasteiger partial charge is 0.333 e. The topological polar surface area (TPSA) is 52.6 Å². The summed E-state index contributed by atoms with van der Waals surface area (Å²) in [6, 6.07) is 0. The van der Waals surface area contributed by atoms with E-state index in [1.807, 2.05) is 0 Å². The van der Waals surface area contributed by atoms with Gasteiger partial charge in [-0.3, -0.25) is 4.79 Å². The van der Waals surface area contributed by atoms with Gasteiger partial charge in [-0.05, 0) is 64.2 Å². The standard InChI is InChI=1S/C19H26F2O4/c1-12(2)16(23)25-19-7-13-4-14(8-19)6-18(5-13,10-19)11-24-15(22)9-17(3,20)21/h13-14H,1,4-11H2,2-3H3. The first kappa shape index (κ1) is 18.3. The van der Waals surface area contributed by atoms with Gasteiger partial charge in [0.25, 0.3) is 5.92 Å². The van der Waals surface area contributed by atoms with Crippen LogP contribution in [0.5, 0.6) is 0 Å². The highest BCUT2D eigenvalue weighted by Gasteiger charge is 2.60. The molecule has 0 saturated heterocycles. The van der Waals surface area contributed by atoms with Gasteiger partial charge in [-0.2, -0.15) is 0 Å². The monoisotopic (exact) mass is 356 g/mol. The maximum atomic E-state index is 13.0. The van der Waals surface area contributed by atoms with Crippen LogP contribution >= 0.6 is 0 Å². The Bertz CT molecular complexity index is 579. The molecule has 4 nitrogen and oxygen atoms in total. The summed E-state index contributed by atoms with van der Waals surface area (Å²) in [6.07, 6.45) is 4.34. The summed E-state index contributed by atoms with van der Waals surface area (Å²) in [5, 5.41) is 0. The van der Waals surface area contributed by atoms with Crippen LogP contribution in [0.3, 0.4) is 0 Å². The molecule has 0 amide bonds. The third-order valence-corrected chi connectivity index (χ3v) is 5.78. The Morgan fingerprint density at radius 2 is 1.80 bits per heavy atom. The molecule has 4 fully saturated rings. The van der Waals surface area contributed by atoms with E-state index in [-0.39, 0.29) is 18.0 Å². The molecule has 6 heteroatoms. The fraction of sp³-hybridized carbons (Fsp3) is 0.789. The highest BCUT2D eigenvalue weighted by molar-refractivity contribution is 5.87. The van der Waals surface area contributed by atoms with Gasteiger partial charge in [0.15, 0.2) is 0 Å². The van der Waals surface area contributed by atoms with E-state index < -0.39 is 23.9 Å². The zero-order valence-corrected chi connectivity index (χ0v) is 14.9. The number of rotatable bonds is 6. The molecular weight excluding hydrogens is 330 g/mol. The maximum absolute atomic E-state index is 13.0. The molecule has 0 aromatic rings. The fourth-order valence-corrected chi connectivity index (χ4v) is 5.47. The lowest BCUT2D eigenvalue weighted by molar-refractivity contribution is -0.208. The summed E-state index contributed by atoms with van der Waals surface area (Å²) >= 11 is 0. The average molecular weight is 356 g/mol. The van der Waals surface area contributed by atoms with Gasteiger partial charge in [0.05, 0.1) is 6.61 Å². The van der Waals surface area contributed by atoms with Crippen molar-refractivity contribution in [1.29, 1.82) is 0 Å². The van der Waals surface area contributed by atoms with Gasteiger partial charge in [0, 0.05) is 11.0 Å². The lowest BCUT2D eigenvalue weighted by Gasteiger charge is -2.60. The fourth-order valence-electron chi connectivity index (χ4n) is 5.47. The van der Waals surface area contributed by atoms with E-state index in [4.69, 9.17) is 9.47 Å². The Balaban J connectivity index is 1.69. The number of carbonyl (C=O) groups excluding carboxylic acids is 2. The van der Waals surface area contributed by atoms with Gasteiger partial charge in [0.1, 0.15) is 12.0 Å². The minimum absolute atomic E-state index is 0.140. The average Bonchev–Trinajstić information content (AvgIpc) is 2.41. The molecule has 2 unspecified atom stereocenters. The maximum Gasteiger partial charge on any atom is 0.333 e. The molecule has 0 radical (unpaired) electrons. The van der Waals surface area contributed by atoms with E-state index in [1.54, 1.807) is 6.92 Å². The SMILES string of the molecule is C=C(C)C(=O)OC12CC3CC(CC(COC(=O)CC(C)(F)F)(C3)C1)C2. The van der Waals surface area contributed by atoms with Crippen LogP contribution in [0, 0.1) is 17.3 Å². The van der Waals surface area contributed by atoms with Gasteiger partial charge >= 0.3 is 11.9 Å².